The third-order valence-corrected chi connectivity index (χ3v) is 2.79. The van der Waals surface area contributed by atoms with Crippen molar-refractivity contribution >= 4 is 5.69 Å². The molecular weight excluding hydrogens is 258 g/mol. The minimum absolute atomic E-state index is 0.0887. The van der Waals surface area contributed by atoms with E-state index in [2.05, 4.69) is 10.9 Å². The summed E-state index contributed by atoms with van der Waals surface area (Å²) >= 11 is 0. The van der Waals surface area contributed by atoms with Crippen molar-refractivity contribution in [2.75, 3.05) is 0 Å². The normalized spacial score (nSPS) is 10.4. The molecule has 0 bridgehead atoms. The van der Waals surface area contributed by atoms with Gasteiger partial charge in [-0.15, -0.1) is 0 Å². The number of phenolic OH excluding ortho intramolecular Hbond substituents is 1. The average molecular weight is 273 g/mol. The summed E-state index contributed by atoms with van der Waals surface area (Å²) < 4.78 is 0. The van der Waals surface area contributed by atoms with E-state index in [1.54, 1.807) is 24.3 Å². The van der Waals surface area contributed by atoms with Crippen LogP contribution in [-0.4, -0.2) is 10.0 Å². The van der Waals surface area contributed by atoms with E-state index in [4.69, 9.17) is 5.11 Å². The zero-order chi connectivity index (χ0) is 14.4. The monoisotopic (exact) mass is 273 g/mol. The van der Waals surface area contributed by atoms with E-state index in [0.717, 1.165) is 11.1 Å². The summed E-state index contributed by atoms with van der Waals surface area (Å²) in [5, 5.41) is 19.7. The predicted octanol–water partition coefficient (Wildman–Crippen LogP) is 2.09. The van der Waals surface area contributed by atoms with Crippen LogP contribution in [0.2, 0.25) is 0 Å². The van der Waals surface area contributed by atoms with E-state index in [1.807, 2.05) is 12.1 Å². The molecule has 104 valence electrons. The van der Waals surface area contributed by atoms with Crippen LogP contribution in [-0.2, 0) is 13.1 Å². The van der Waals surface area contributed by atoms with Crippen molar-refractivity contribution in [2.24, 2.45) is 0 Å². The summed E-state index contributed by atoms with van der Waals surface area (Å²) in [6, 6.07) is 13.3. The molecule has 0 aliphatic heterocycles. The van der Waals surface area contributed by atoms with Crippen LogP contribution in [0.1, 0.15) is 11.1 Å². The van der Waals surface area contributed by atoms with Gasteiger partial charge in [0, 0.05) is 25.2 Å². The van der Waals surface area contributed by atoms with Crippen LogP contribution < -0.4 is 10.9 Å². The third kappa shape index (κ3) is 4.04. The first-order chi connectivity index (χ1) is 9.65. The number of benzene rings is 2. The van der Waals surface area contributed by atoms with Gasteiger partial charge in [0.15, 0.2) is 0 Å². The molecule has 0 saturated heterocycles. The first kappa shape index (κ1) is 14.0. The van der Waals surface area contributed by atoms with Crippen LogP contribution in [0, 0.1) is 10.1 Å². The molecule has 0 amide bonds. The number of rotatable bonds is 6. The topological polar surface area (TPSA) is 87.4 Å². The van der Waals surface area contributed by atoms with Crippen LogP contribution >= 0.6 is 0 Å². The maximum Gasteiger partial charge on any atom is 0.269 e. The van der Waals surface area contributed by atoms with Crippen molar-refractivity contribution in [3.05, 3.63) is 69.8 Å². The maximum absolute atomic E-state index is 10.5. The highest BCUT2D eigenvalue weighted by molar-refractivity contribution is 5.32. The number of nitro groups is 1. The largest absolute Gasteiger partial charge is 0.508 e. The number of phenols is 1. The maximum atomic E-state index is 10.5. The molecule has 0 radical (unpaired) electrons. The third-order valence-electron chi connectivity index (χ3n) is 2.79. The van der Waals surface area contributed by atoms with Gasteiger partial charge in [-0.3, -0.25) is 21.0 Å². The van der Waals surface area contributed by atoms with E-state index >= 15 is 0 Å². The number of nitro benzene ring substituents is 1. The molecule has 3 N–H and O–H groups in total. The minimum atomic E-state index is -0.416. The zero-order valence-corrected chi connectivity index (χ0v) is 10.7. The second-order valence-corrected chi connectivity index (χ2v) is 4.30. The quantitative estimate of drug-likeness (QED) is 0.426. The van der Waals surface area contributed by atoms with Crippen LogP contribution in [0.5, 0.6) is 5.75 Å². The minimum Gasteiger partial charge on any atom is -0.508 e. The van der Waals surface area contributed by atoms with Crippen LogP contribution in [0.15, 0.2) is 48.5 Å². The molecule has 2 aromatic carbocycles. The van der Waals surface area contributed by atoms with Crippen molar-refractivity contribution in [2.45, 2.75) is 13.1 Å². The lowest BCUT2D eigenvalue weighted by Crippen LogP contribution is -2.30. The van der Waals surface area contributed by atoms with Crippen molar-refractivity contribution in [3.8, 4) is 5.75 Å². The smallest absolute Gasteiger partial charge is 0.269 e. The molecule has 0 unspecified atom stereocenters. The summed E-state index contributed by atoms with van der Waals surface area (Å²) in [7, 11) is 0. The summed E-state index contributed by atoms with van der Waals surface area (Å²) in [6.07, 6.45) is 0. The number of nitrogens with zero attached hydrogens (tertiary/aromatic N) is 1. The average Bonchev–Trinajstić information content (AvgIpc) is 2.46. The van der Waals surface area contributed by atoms with Gasteiger partial charge in [-0.05, 0) is 23.3 Å². The van der Waals surface area contributed by atoms with E-state index in [1.165, 1.54) is 12.1 Å². The Bertz CT molecular complexity index is 567. The van der Waals surface area contributed by atoms with E-state index in [9.17, 15) is 10.1 Å². The van der Waals surface area contributed by atoms with Gasteiger partial charge in [0.05, 0.1) is 4.92 Å². The second-order valence-electron chi connectivity index (χ2n) is 4.30. The van der Waals surface area contributed by atoms with Gasteiger partial charge in [-0.25, -0.2) is 0 Å². The van der Waals surface area contributed by atoms with Gasteiger partial charge in [-0.1, -0.05) is 24.3 Å². The predicted molar refractivity (Wildman–Crippen MR) is 74.9 cm³/mol. The summed E-state index contributed by atoms with van der Waals surface area (Å²) in [6.45, 7) is 1.18. The molecule has 2 rings (SSSR count). The Morgan fingerprint density at radius 2 is 1.35 bits per heavy atom. The number of hydrazine groups is 1. The molecule has 2 aromatic rings. The van der Waals surface area contributed by atoms with Crippen molar-refractivity contribution in [1.29, 1.82) is 0 Å². The van der Waals surface area contributed by atoms with Crippen molar-refractivity contribution in [3.63, 3.8) is 0 Å². The standard InChI is InChI=1S/C14H15N3O3/c18-14-7-3-12(4-8-14)10-16-15-9-11-1-5-13(6-2-11)17(19)20/h1-8,15-16,18H,9-10H2. The number of non-ortho nitro benzene ring substituents is 1. The molecule has 0 heterocycles. The molecule has 0 atom stereocenters. The van der Waals surface area contributed by atoms with Crippen LogP contribution in [0.25, 0.3) is 0 Å². The highest BCUT2D eigenvalue weighted by Gasteiger charge is 2.03. The molecule has 0 aliphatic carbocycles. The highest BCUT2D eigenvalue weighted by atomic mass is 16.6. The molecule has 0 spiro atoms. The Kier molecular flexibility index (Phi) is 4.65. The Hall–Kier alpha value is -2.44. The fourth-order valence-corrected chi connectivity index (χ4v) is 1.68. The molecule has 6 nitrogen and oxygen atoms in total. The molecule has 0 saturated carbocycles. The summed E-state index contributed by atoms with van der Waals surface area (Å²) in [5.41, 5.74) is 8.15. The van der Waals surface area contributed by atoms with Gasteiger partial charge < -0.3 is 5.11 Å². The lowest BCUT2D eigenvalue weighted by Gasteiger charge is -2.07. The molecular formula is C14H15N3O3. The summed E-state index contributed by atoms with van der Waals surface area (Å²) in [5.74, 6) is 0.243. The van der Waals surface area contributed by atoms with E-state index in [0.29, 0.717) is 13.1 Å². The highest BCUT2D eigenvalue weighted by Crippen LogP contribution is 2.11. The second kappa shape index (κ2) is 6.65. The SMILES string of the molecule is O=[N+]([O-])c1ccc(CNNCc2ccc(O)cc2)cc1. The molecule has 20 heavy (non-hydrogen) atoms. The Morgan fingerprint density at radius 1 is 0.900 bits per heavy atom. The first-order valence-corrected chi connectivity index (χ1v) is 6.12. The van der Waals surface area contributed by atoms with E-state index in [-0.39, 0.29) is 11.4 Å². The van der Waals surface area contributed by atoms with Gasteiger partial charge in [0.1, 0.15) is 5.75 Å². The molecule has 6 heteroatoms. The fraction of sp³-hybridized carbons (Fsp3) is 0.143. The molecule has 0 aliphatic rings. The van der Waals surface area contributed by atoms with Crippen molar-refractivity contribution in [1.82, 2.24) is 10.9 Å². The number of nitrogens with one attached hydrogen (secondary N) is 2. The van der Waals surface area contributed by atoms with E-state index < -0.39 is 4.92 Å². The Labute approximate surface area is 116 Å². The van der Waals surface area contributed by atoms with Crippen LogP contribution in [0.4, 0.5) is 5.69 Å². The van der Waals surface area contributed by atoms with Crippen LogP contribution in [0.3, 0.4) is 0 Å². The van der Waals surface area contributed by atoms with Crippen molar-refractivity contribution < 1.29 is 10.0 Å². The Morgan fingerprint density at radius 3 is 1.80 bits per heavy atom. The summed E-state index contributed by atoms with van der Waals surface area (Å²) in [4.78, 5) is 10.1. The number of hydrogen-bond donors (Lipinski definition) is 3. The number of aromatic hydroxyl groups is 1. The van der Waals surface area contributed by atoms with Gasteiger partial charge in [0.25, 0.3) is 5.69 Å². The molecule has 0 aromatic heterocycles. The fourth-order valence-electron chi connectivity index (χ4n) is 1.68. The zero-order valence-electron chi connectivity index (χ0n) is 10.7. The molecule has 0 fully saturated rings. The van der Waals surface area contributed by atoms with Gasteiger partial charge in [0.2, 0.25) is 0 Å². The lowest BCUT2D eigenvalue weighted by molar-refractivity contribution is -0.384. The Balaban J connectivity index is 1.75. The van der Waals surface area contributed by atoms with Gasteiger partial charge in [-0.2, -0.15) is 0 Å². The first-order valence-electron chi connectivity index (χ1n) is 6.12. The van der Waals surface area contributed by atoms with Gasteiger partial charge >= 0.3 is 0 Å². The lowest BCUT2D eigenvalue weighted by atomic mass is 10.2. The number of hydrogen-bond acceptors (Lipinski definition) is 5.